The van der Waals surface area contributed by atoms with E-state index in [2.05, 4.69) is 34.1 Å². The van der Waals surface area contributed by atoms with Gasteiger partial charge in [-0.05, 0) is 24.5 Å². The lowest BCUT2D eigenvalue weighted by Crippen LogP contribution is -2.34. The van der Waals surface area contributed by atoms with E-state index in [1.165, 1.54) is 11.6 Å². The molecule has 3 aromatic rings. The zero-order chi connectivity index (χ0) is 17.4. The maximum Gasteiger partial charge on any atom is 0.201 e. The molecule has 0 bridgehead atoms. The summed E-state index contributed by atoms with van der Waals surface area (Å²) in [6.07, 6.45) is 1.93. The molecular weight excluding hydrogens is 339 g/mol. The van der Waals surface area contributed by atoms with Crippen molar-refractivity contribution in [3.05, 3.63) is 58.9 Å². The highest BCUT2D eigenvalue weighted by Crippen LogP contribution is 2.32. The third-order valence-electron chi connectivity index (χ3n) is 4.93. The van der Waals surface area contributed by atoms with Crippen LogP contribution < -0.4 is 5.73 Å². The highest BCUT2D eigenvalue weighted by molar-refractivity contribution is 6.31. The fourth-order valence-corrected chi connectivity index (χ4v) is 3.83. The van der Waals surface area contributed by atoms with Gasteiger partial charge >= 0.3 is 0 Å². The zero-order valence-corrected chi connectivity index (χ0v) is 14.6. The second-order valence-corrected chi connectivity index (χ2v) is 7.00. The Morgan fingerprint density at radius 1 is 1.16 bits per heavy atom. The van der Waals surface area contributed by atoms with Gasteiger partial charge in [0.1, 0.15) is 5.82 Å². The van der Waals surface area contributed by atoms with Crippen LogP contribution in [0.5, 0.6) is 0 Å². The van der Waals surface area contributed by atoms with Crippen molar-refractivity contribution in [2.45, 2.75) is 25.4 Å². The van der Waals surface area contributed by atoms with Crippen LogP contribution in [-0.2, 0) is 6.54 Å². The van der Waals surface area contributed by atoms with Crippen molar-refractivity contribution < 1.29 is 4.39 Å². The molecule has 0 unspecified atom stereocenters. The van der Waals surface area contributed by atoms with Gasteiger partial charge in [-0.3, -0.25) is 4.90 Å². The van der Waals surface area contributed by atoms with Gasteiger partial charge < -0.3 is 10.3 Å². The quantitative estimate of drug-likeness (QED) is 0.761. The molecule has 25 heavy (non-hydrogen) atoms. The number of hydrogen-bond donors (Lipinski definition) is 1. The van der Waals surface area contributed by atoms with Crippen LogP contribution in [0.25, 0.3) is 11.0 Å². The van der Waals surface area contributed by atoms with Gasteiger partial charge in [0.25, 0.3) is 0 Å². The largest absolute Gasteiger partial charge is 0.369 e. The summed E-state index contributed by atoms with van der Waals surface area (Å²) < 4.78 is 15.9. The van der Waals surface area contributed by atoms with E-state index in [0.717, 1.165) is 38.0 Å². The van der Waals surface area contributed by atoms with Crippen LogP contribution in [0.4, 0.5) is 10.3 Å². The van der Waals surface area contributed by atoms with Gasteiger partial charge in [0.15, 0.2) is 0 Å². The topological polar surface area (TPSA) is 47.1 Å². The van der Waals surface area contributed by atoms with Crippen molar-refractivity contribution in [2.75, 3.05) is 18.8 Å². The first kappa shape index (κ1) is 16.4. The summed E-state index contributed by atoms with van der Waals surface area (Å²) >= 11 is 5.86. The van der Waals surface area contributed by atoms with Gasteiger partial charge in [-0.25, -0.2) is 9.37 Å². The lowest BCUT2D eigenvalue weighted by molar-refractivity contribution is 0.182. The highest BCUT2D eigenvalue weighted by Gasteiger charge is 2.24. The Morgan fingerprint density at radius 3 is 2.60 bits per heavy atom. The molecule has 0 amide bonds. The molecule has 0 aliphatic carbocycles. The van der Waals surface area contributed by atoms with E-state index >= 15 is 0 Å². The van der Waals surface area contributed by atoms with Crippen molar-refractivity contribution in [1.29, 1.82) is 0 Å². The summed E-state index contributed by atoms with van der Waals surface area (Å²) in [5.41, 5.74) is 8.81. The smallest absolute Gasteiger partial charge is 0.201 e. The van der Waals surface area contributed by atoms with E-state index in [1.54, 1.807) is 6.07 Å². The number of fused-ring (bicyclic) bond motifs is 1. The summed E-state index contributed by atoms with van der Waals surface area (Å²) in [5, 5.41) is 0.0785. The van der Waals surface area contributed by atoms with E-state index in [0.29, 0.717) is 11.5 Å². The van der Waals surface area contributed by atoms with Gasteiger partial charge in [0.05, 0.1) is 16.1 Å². The number of halogens is 2. The van der Waals surface area contributed by atoms with Gasteiger partial charge in [0.2, 0.25) is 5.95 Å². The van der Waals surface area contributed by atoms with Gasteiger partial charge in [-0.2, -0.15) is 0 Å². The molecule has 2 aromatic carbocycles. The first-order valence-corrected chi connectivity index (χ1v) is 8.88. The monoisotopic (exact) mass is 358 g/mol. The molecule has 6 heteroatoms. The molecule has 2 heterocycles. The SMILES string of the molecule is Nc1nc2cc(Cl)c(F)cc2n1C1CCN(Cc2ccccc2)CC1. The summed E-state index contributed by atoms with van der Waals surface area (Å²) in [5.74, 6) is -0.00462. The average Bonchev–Trinajstić information content (AvgIpc) is 2.92. The molecule has 0 atom stereocenters. The van der Waals surface area contributed by atoms with Crippen molar-refractivity contribution in [3.8, 4) is 0 Å². The van der Waals surface area contributed by atoms with Gasteiger partial charge in [-0.1, -0.05) is 41.9 Å². The second-order valence-electron chi connectivity index (χ2n) is 6.59. The zero-order valence-electron chi connectivity index (χ0n) is 13.8. The normalized spacial score (nSPS) is 16.6. The molecule has 2 N–H and O–H groups in total. The number of rotatable bonds is 3. The Labute approximate surface area is 151 Å². The third-order valence-corrected chi connectivity index (χ3v) is 5.22. The average molecular weight is 359 g/mol. The second kappa shape index (κ2) is 6.65. The highest BCUT2D eigenvalue weighted by atomic mass is 35.5. The Kier molecular flexibility index (Phi) is 4.36. The standard InChI is InChI=1S/C19H20ClFN4/c20-15-10-17-18(11-16(15)21)25(19(22)23-17)14-6-8-24(9-7-14)12-13-4-2-1-3-5-13/h1-5,10-11,14H,6-9,12H2,(H2,22,23). The number of aromatic nitrogens is 2. The molecule has 1 saturated heterocycles. The van der Waals surface area contributed by atoms with Gasteiger partial charge in [-0.15, -0.1) is 0 Å². The van der Waals surface area contributed by atoms with Crippen molar-refractivity contribution in [3.63, 3.8) is 0 Å². The molecule has 4 nitrogen and oxygen atoms in total. The molecule has 0 saturated carbocycles. The number of benzene rings is 2. The molecule has 130 valence electrons. The molecule has 1 aliphatic rings. The minimum Gasteiger partial charge on any atom is -0.369 e. The number of nitrogens with zero attached hydrogens (tertiary/aromatic N) is 3. The molecule has 0 spiro atoms. The molecule has 1 aliphatic heterocycles. The van der Waals surface area contributed by atoms with Crippen molar-refractivity contribution in [1.82, 2.24) is 14.5 Å². The van der Waals surface area contributed by atoms with E-state index in [9.17, 15) is 4.39 Å². The maximum atomic E-state index is 13.9. The maximum absolute atomic E-state index is 13.9. The predicted molar refractivity (Wildman–Crippen MR) is 99.1 cm³/mol. The molecule has 0 radical (unpaired) electrons. The Balaban J connectivity index is 1.52. The Hall–Kier alpha value is -2.11. The van der Waals surface area contributed by atoms with Gasteiger partial charge in [0, 0.05) is 31.7 Å². The van der Waals surface area contributed by atoms with E-state index in [4.69, 9.17) is 17.3 Å². The van der Waals surface area contributed by atoms with Crippen LogP contribution >= 0.6 is 11.6 Å². The first-order valence-electron chi connectivity index (χ1n) is 8.50. The molecule has 1 fully saturated rings. The van der Waals surface area contributed by atoms with Crippen molar-refractivity contribution in [2.24, 2.45) is 0 Å². The van der Waals surface area contributed by atoms with Crippen LogP contribution in [0.3, 0.4) is 0 Å². The summed E-state index contributed by atoms with van der Waals surface area (Å²) in [6.45, 7) is 2.92. The molecular formula is C19H20ClFN4. The number of hydrogen-bond acceptors (Lipinski definition) is 3. The number of nitrogens with two attached hydrogens (primary N) is 1. The number of likely N-dealkylation sites (tertiary alicyclic amines) is 1. The number of piperidine rings is 1. The predicted octanol–water partition coefficient (Wildman–Crippen LogP) is 4.25. The van der Waals surface area contributed by atoms with Crippen LogP contribution in [0.2, 0.25) is 5.02 Å². The van der Waals surface area contributed by atoms with Crippen LogP contribution in [0.15, 0.2) is 42.5 Å². The van der Waals surface area contributed by atoms with Crippen LogP contribution in [0.1, 0.15) is 24.4 Å². The fourth-order valence-electron chi connectivity index (χ4n) is 3.67. The summed E-state index contributed by atoms with van der Waals surface area (Å²) in [6, 6.07) is 13.7. The Morgan fingerprint density at radius 2 is 1.88 bits per heavy atom. The van der Waals surface area contributed by atoms with E-state index in [1.807, 2.05) is 10.6 Å². The summed E-state index contributed by atoms with van der Waals surface area (Å²) in [7, 11) is 0. The van der Waals surface area contributed by atoms with Crippen LogP contribution in [0, 0.1) is 5.82 Å². The van der Waals surface area contributed by atoms with Crippen LogP contribution in [-0.4, -0.2) is 27.5 Å². The number of imidazole rings is 1. The summed E-state index contributed by atoms with van der Waals surface area (Å²) in [4.78, 5) is 6.80. The fraction of sp³-hybridized carbons (Fsp3) is 0.316. The molecule has 1 aromatic heterocycles. The minimum absolute atomic E-state index is 0.0785. The third kappa shape index (κ3) is 3.22. The number of nitrogen functional groups attached to an aromatic ring is 1. The lowest BCUT2D eigenvalue weighted by Gasteiger charge is -2.33. The first-order chi connectivity index (χ1) is 12.1. The lowest BCUT2D eigenvalue weighted by atomic mass is 10.0. The number of anilines is 1. The molecule has 4 rings (SSSR count). The minimum atomic E-state index is -0.433. The van der Waals surface area contributed by atoms with E-state index in [-0.39, 0.29) is 11.1 Å². The van der Waals surface area contributed by atoms with Crippen molar-refractivity contribution >= 4 is 28.6 Å². The Bertz CT molecular complexity index is 885. The van der Waals surface area contributed by atoms with E-state index < -0.39 is 5.82 Å².